The lowest BCUT2D eigenvalue weighted by Crippen LogP contribution is -2.26. The normalized spacial score (nSPS) is 12.3. The monoisotopic (exact) mass is 258 g/mol. The van der Waals surface area contributed by atoms with Crippen LogP contribution in [0.15, 0.2) is 24.3 Å². The second-order valence-electron chi connectivity index (χ2n) is 3.83. The number of halogens is 2. The van der Waals surface area contributed by atoms with E-state index < -0.39 is 6.61 Å². The minimum absolute atomic E-state index is 0.00240. The van der Waals surface area contributed by atoms with Crippen molar-refractivity contribution in [3.05, 3.63) is 24.3 Å². The number of anilines is 1. The molecule has 0 aliphatic carbocycles. The zero-order chi connectivity index (χ0) is 13.5. The molecule has 1 unspecified atom stereocenters. The maximum absolute atomic E-state index is 12.0. The maximum atomic E-state index is 12.0. The summed E-state index contributed by atoms with van der Waals surface area (Å²) in [5.74, 6) is -0.249. The van der Waals surface area contributed by atoms with Crippen molar-refractivity contribution in [2.45, 2.75) is 32.4 Å². The smallest absolute Gasteiger partial charge is 0.387 e. The van der Waals surface area contributed by atoms with Gasteiger partial charge in [0.25, 0.3) is 0 Å². The second kappa shape index (κ2) is 6.90. The molecule has 1 atom stereocenters. The highest BCUT2D eigenvalue weighted by Gasteiger charge is 2.09. The number of nitrogens with one attached hydrogen (secondary N) is 1. The number of ether oxygens (including phenoxy) is 1. The lowest BCUT2D eigenvalue weighted by molar-refractivity contribution is -0.116. The van der Waals surface area contributed by atoms with E-state index in [2.05, 4.69) is 10.1 Å². The van der Waals surface area contributed by atoms with Gasteiger partial charge in [-0.25, -0.2) is 0 Å². The molecule has 1 rings (SSSR count). The van der Waals surface area contributed by atoms with Crippen LogP contribution in [0.4, 0.5) is 14.5 Å². The fourth-order valence-corrected chi connectivity index (χ4v) is 1.34. The largest absolute Gasteiger partial charge is 0.435 e. The van der Waals surface area contributed by atoms with E-state index in [-0.39, 0.29) is 24.1 Å². The van der Waals surface area contributed by atoms with Crippen molar-refractivity contribution in [3.63, 3.8) is 0 Å². The molecule has 0 aliphatic heterocycles. The van der Waals surface area contributed by atoms with Crippen molar-refractivity contribution in [1.82, 2.24) is 0 Å². The minimum atomic E-state index is -2.88. The average Bonchev–Trinajstić information content (AvgIpc) is 2.28. The van der Waals surface area contributed by atoms with Crippen LogP contribution in [-0.2, 0) is 4.79 Å². The van der Waals surface area contributed by atoms with E-state index in [0.29, 0.717) is 12.1 Å². The molecular formula is C12H16F2N2O2. The van der Waals surface area contributed by atoms with Gasteiger partial charge in [0, 0.05) is 24.2 Å². The van der Waals surface area contributed by atoms with Gasteiger partial charge in [-0.3, -0.25) is 4.79 Å². The molecule has 1 aromatic rings. The quantitative estimate of drug-likeness (QED) is 0.823. The highest BCUT2D eigenvalue weighted by Crippen LogP contribution is 2.19. The van der Waals surface area contributed by atoms with E-state index in [1.165, 1.54) is 18.2 Å². The number of carbonyl (C=O) groups is 1. The fraction of sp³-hybridized carbons (Fsp3) is 0.417. The van der Waals surface area contributed by atoms with Gasteiger partial charge in [-0.05, 0) is 18.6 Å². The van der Waals surface area contributed by atoms with Gasteiger partial charge in [-0.2, -0.15) is 8.78 Å². The number of amides is 1. The SMILES string of the molecule is CCC(N)CC(=O)Nc1cccc(OC(F)F)c1. The minimum Gasteiger partial charge on any atom is -0.435 e. The Labute approximate surface area is 104 Å². The molecule has 6 heteroatoms. The first-order chi connectivity index (χ1) is 8.51. The van der Waals surface area contributed by atoms with E-state index in [9.17, 15) is 13.6 Å². The van der Waals surface area contributed by atoms with E-state index in [0.717, 1.165) is 0 Å². The molecule has 1 amide bonds. The number of carbonyl (C=O) groups excluding carboxylic acids is 1. The molecule has 0 heterocycles. The maximum Gasteiger partial charge on any atom is 0.387 e. The molecule has 0 radical (unpaired) electrons. The van der Waals surface area contributed by atoms with Crippen molar-refractivity contribution < 1.29 is 18.3 Å². The molecule has 0 fully saturated rings. The molecule has 0 saturated carbocycles. The highest BCUT2D eigenvalue weighted by molar-refractivity contribution is 5.91. The fourth-order valence-electron chi connectivity index (χ4n) is 1.34. The van der Waals surface area contributed by atoms with Gasteiger partial charge in [0.15, 0.2) is 0 Å². The highest BCUT2D eigenvalue weighted by atomic mass is 19.3. The van der Waals surface area contributed by atoms with Crippen LogP contribution in [0.2, 0.25) is 0 Å². The Balaban J connectivity index is 2.59. The first-order valence-corrected chi connectivity index (χ1v) is 5.61. The Kier molecular flexibility index (Phi) is 5.51. The predicted molar refractivity (Wildman–Crippen MR) is 64.6 cm³/mol. The molecule has 0 aliphatic rings. The van der Waals surface area contributed by atoms with E-state index >= 15 is 0 Å². The van der Waals surface area contributed by atoms with E-state index in [4.69, 9.17) is 5.73 Å². The van der Waals surface area contributed by atoms with Crippen molar-refractivity contribution >= 4 is 11.6 Å². The summed E-state index contributed by atoms with van der Waals surface area (Å²) in [6, 6.07) is 5.63. The van der Waals surface area contributed by atoms with Crippen molar-refractivity contribution in [1.29, 1.82) is 0 Å². The number of hydrogen-bond acceptors (Lipinski definition) is 3. The Morgan fingerprint density at radius 1 is 1.50 bits per heavy atom. The van der Waals surface area contributed by atoms with Crippen LogP contribution in [-0.4, -0.2) is 18.6 Å². The molecule has 100 valence electrons. The van der Waals surface area contributed by atoms with Gasteiger partial charge in [-0.1, -0.05) is 13.0 Å². The number of benzene rings is 1. The third kappa shape index (κ3) is 5.09. The zero-order valence-electron chi connectivity index (χ0n) is 10.0. The topological polar surface area (TPSA) is 64.4 Å². The summed E-state index contributed by atoms with van der Waals surface area (Å²) >= 11 is 0. The van der Waals surface area contributed by atoms with E-state index in [1.807, 2.05) is 6.92 Å². The third-order valence-electron chi connectivity index (χ3n) is 2.31. The van der Waals surface area contributed by atoms with Gasteiger partial charge in [0.2, 0.25) is 5.91 Å². The molecule has 4 nitrogen and oxygen atoms in total. The molecule has 1 aromatic carbocycles. The molecule has 0 saturated heterocycles. The number of hydrogen-bond donors (Lipinski definition) is 2. The Bertz CT molecular complexity index is 399. The summed E-state index contributed by atoms with van der Waals surface area (Å²) in [4.78, 5) is 11.5. The van der Waals surface area contributed by atoms with Gasteiger partial charge >= 0.3 is 6.61 Å². The van der Waals surface area contributed by atoms with Gasteiger partial charge < -0.3 is 15.8 Å². The first-order valence-electron chi connectivity index (χ1n) is 5.61. The predicted octanol–water partition coefficient (Wildman–Crippen LogP) is 2.35. The lowest BCUT2D eigenvalue weighted by atomic mass is 10.1. The molecule has 0 bridgehead atoms. The zero-order valence-corrected chi connectivity index (χ0v) is 10.0. The summed E-state index contributed by atoms with van der Waals surface area (Å²) in [5, 5.41) is 2.58. The number of nitrogens with two attached hydrogens (primary N) is 1. The molecular weight excluding hydrogens is 242 g/mol. The summed E-state index contributed by atoms with van der Waals surface area (Å²) < 4.78 is 28.2. The first kappa shape index (κ1) is 14.4. The van der Waals surface area contributed by atoms with Crippen molar-refractivity contribution in [2.75, 3.05) is 5.32 Å². The third-order valence-corrected chi connectivity index (χ3v) is 2.31. The Morgan fingerprint density at radius 2 is 2.22 bits per heavy atom. The summed E-state index contributed by atoms with van der Waals surface area (Å²) in [6.45, 7) is -1.00. The number of rotatable bonds is 6. The van der Waals surface area contributed by atoms with Crippen molar-refractivity contribution in [3.8, 4) is 5.75 Å². The van der Waals surface area contributed by atoms with Crippen LogP contribution in [0.3, 0.4) is 0 Å². The van der Waals surface area contributed by atoms with E-state index in [1.54, 1.807) is 6.07 Å². The van der Waals surface area contributed by atoms with Crippen LogP contribution in [0.1, 0.15) is 19.8 Å². The Hall–Kier alpha value is -1.69. The molecule has 3 N–H and O–H groups in total. The van der Waals surface area contributed by atoms with Crippen molar-refractivity contribution in [2.24, 2.45) is 5.73 Å². The van der Waals surface area contributed by atoms with Gasteiger partial charge in [-0.15, -0.1) is 0 Å². The Morgan fingerprint density at radius 3 is 2.83 bits per heavy atom. The number of alkyl halides is 2. The lowest BCUT2D eigenvalue weighted by Gasteiger charge is -2.10. The average molecular weight is 258 g/mol. The second-order valence-corrected chi connectivity index (χ2v) is 3.83. The van der Waals surface area contributed by atoms with Crippen LogP contribution in [0.25, 0.3) is 0 Å². The van der Waals surface area contributed by atoms with Crippen LogP contribution in [0.5, 0.6) is 5.75 Å². The summed E-state index contributed by atoms with van der Waals surface area (Å²) in [6.07, 6.45) is 0.887. The standard InChI is InChI=1S/C12H16F2N2O2/c1-2-8(15)6-11(17)16-9-4-3-5-10(7-9)18-12(13)14/h3-5,7-8,12H,2,6,15H2,1H3,(H,16,17). The summed E-state index contributed by atoms with van der Waals surface area (Å²) in [5.41, 5.74) is 6.04. The molecule has 0 aromatic heterocycles. The van der Waals surface area contributed by atoms with Gasteiger partial charge in [0.1, 0.15) is 5.75 Å². The van der Waals surface area contributed by atoms with Crippen LogP contribution < -0.4 is 15.8 Å². The van der Waals surface area contributed by atoms with Crippen LogP contribution in [0, 0.1) is 0 Å². The van der Waals surface area contributed by atoms with Crippen LogP contribution >= 0.6 is 0 Å². The molecule has 0 spiro atoms. The molecule has 18 heavy (non-hydrogen) atoms. The van der Waals surface area contributed by atoms with Gasteiger partial charge in [0.05, 0.1) is 0 Å². The summed E-state index contributed by atoms with van der Waals surface area (Å²) in [7, 11) is 0.